The lowest BCUT2D eigenvalue weighted by atomic mass is 10.1. The molecule has 2 amide bonds. The van der Waals surface area contributed by atoms with E-state index in [4.69, 9.17) is 9.26 Å². The van der Waals surface area contributed by atoms with Crippen molar-refractivity contribution < 1.29 is 23.6 Å². The van der Waals surface area contributed by atoms with Gasteiger partial charge in [-0.2, -0.15) is 0 Å². The summed E-state index contributed by atoms with van der Waals surface area (Å²) in [6.07, 6.45) is 3.13. The zero-order valence-electron chi connectivity index (χ0n) is 15.8. The van der Waals surface area contributed by atoms with Crippen molar-refractivity contribution in [2.45, 2.75) is 32.6 Å². The van der Waals surface area contributed by atoms with Gasteiger partial charge >= 0.3 is 5.97 Å². The predicted octanol–water partition coefficient (Wildman–Crippen LogP) is 2.53. The van der Waals surface area contributed by atoms with E-state index in [1.165, 1.54) is 4.90 Å². The number of hydrogen-bond donors (Lipinski definition) is 1. The first-order chi connectivity index (χ1) is 13.5. The molecule has 8 heteroatoms. The highest BCUT2D eigenvalue weighted by molar-refractivity contribution is 5.92. The molecule has 2 heterocycles. The van der Waals surface area contributed by atoms with Gasteiger partial charge in [-0.05, 0) is 19.8 Å². The zero-order chi connectivity index (χ0) is 19.9. The van der Waals surface area contributed by atoms with Gasteiger partial charge < -0.3 is 14.2 Å². The van der Waals surface area contributed by atoms with E-state index >= 15 is 0 Å². The van der Waals surface area contributed by atoms with Crippen molar-refractivity contribution in [2.24, 2.45) is 0 Å². The first-order valence-electron chi connectivity index (χ1n) is 9.28. The third-order valence-electron chi connectivity index (χ3n) is 4.48. The average molecular weight is 385 g/mol. The Morgan fingerprint density at radius 2 is 2.00 bits per heavy atom. The van der Waals surface area contributed by atoms with Crippen LogP contribution in [-0.2, 0) is 19.1 Å². The molecule has 1 saturated heterocycles. The summed E-state index contributed by atoms with van der Waals surface area (Å²) in [5, 5.41) is 6.41. The fourth-order valence-electron chi connectivity index (χ4n) is 2.92. The molecule has 0 aliphatic carbocycles. The minimum absolute atomic E-state index is 0.0517. The largest absolute Gasteiger partial charge is 0.454 e. The van der Waals surface area contributed by atoms with Crippen LogP contribution < -0.4 is 5.32 Å². The first-order valence-corrected chi connectivity index (χ1v) is 9.28. The number of nitrogens with zero attached hydrogens (tertiary/aromatic N) is 2. The van der Waals surface area contributed by atoms with Gasteiger partial charge in [-0.15, -0.1) is 0 Å². The highest BCUT2D eigenvalue weighted by Crippen LogP contribution is 2.22. The second kappa shape index (κ2) is 9.16. The van der Waals surface area contributed by atoms with Crippen molar-refractivity contribution in [2.75, 3.05) is 25.0 Å². The van der Waals surface area contributed by atoms with E-state index in [0.29, 0.717) is 18.7 Å². The fraction of sp³-hybridized carbons (Fsp3) is 0.400. The van der Waals surface area contributed by atoms with Crippen LogP contribution in [0.2, 0.25) is 0 Å². The van der Waals surface area contributed by atoms with E-state index in [1.807, 2.05) is 31.2 Å². The SMILES string of the molecule is Cc1ccc(-c2cc(NC(=O)COC(=O)CN3CCCCCC3=O)on2)cc1. The second-order valence-electron chi connectivity index (χ2n) is 6.78. The average Bonchev–Trinajstić information content (AvgIpc) is 3.04. The number of carbonyl (C=O) groups is 3. The molecular weight excluding hydrogens is 362 g/mol. The summed E-state index contributed by atoms with van der Waals surface area (Å²) in [7, 11) is 0. The van der Waals surface area contributed by atoms with Crippen LogP contribution in [0, 0.1) is 6.92 Å². The van der Waals surface area contributed by atoms with Crippen LogP contribution in [0.25, 0.3) is 11.3 Å². The number of esters is 1. The number of aryl methyl sites for hydroxylation is 1. The molecule has 0 unspecified atom stereocenters. The number of rotatable bonds is 6. The van der Waals surface area contributed by atoms with E-state index in [1.54, 1.807) is 6.07 Å². The minimum atomic E-state index is -0.608. The summed E-state index contributed by atoms with van der Waals surface area (Å²) in [6, 6.07) is 9.32. The van der Waals surface area contributed by atoms with E-state index in [9.17, 15) is 14.4 Å². The molecule has 3 rings (SSSR count). The summed E-state index contributed by atoms with van der Waals surface area (Å²) < 4.78 is 10.1. The van der Waals surface area contributed by atoms with Gasteiger partial charge in [-0.3, -0.25) is 19.7 Å². The highest BCUT2D eigenvalue weighted by atomic mass is 16.5. The first kappa shape index (κ1) is 19.6. The fourth-order valence-corrected chi connectivity index (χ4v) is 2.92. The van der Waals surface area contributed by atoms with Gasteiger partial charge in [0, 0.05) is 24.6 Å². The molecule has 0 bridgehead atoms. The molecule has 1 N–H and O–H groups in total. The Kier molecular flexibility index (Phi) is 6.41. The van der Waals surface area contributed by atoms with Crippen LogP contribution in [0.3, 0.4) is 0 Å². The number of ether oxygens (including phenoxy) is 1. The van der Waals surface area contributed by atoms with Crippen LogP contribution in [0.5, 0.6) is 0 Å². The van der Waals surface area contributed by atoms with Crippen LogP contribution in [-0.4, -0.2) is 47.5 Å². The quantitative estimate of drug-likeness (QED) is 0.767. The normalized spacial score (nSPS) is 14.5. The summed E-state index contributed by atoms with van der Waals surface area (Å²) in [5.41, 5.74) is 2.58. The second-order valence-corrected chi connectivity index (χ2v) is 6.78. The number of aromatic nitrogens is 1. The molecule has 1 aliphatic rings. The highest BCUT2D eigenvalue weighted by Gasteiger charge is 2.20. The molecule has 0 spiro atoms. The molecule has 28 heavy (non-hydrogen) atoms. The van der Waals surface area contributed by atoms with Gasteiger partial charge in [0.15, 0.2) is 6.61 Å². The number of amides is 2. The molecule has 0 saturated carbocycles. The standard InChI is InChI=1S/C20H23N3O5/c1-14-6-8-15(9-7-14)16-11-18(28-22-16)21-17(24)13-27-20(26)12-23-10-4-2-3-5-19(23)25/h6-9,11H,2-5,10,12-13H2,1H3,(H,21,24). The summed E-state index contributed by atoms with van der Waals surface area (Å²) in [5.74, 6) is -1.03. The van der Waals surface area contributed by atoms with Crippen LogP contribution in [0.4, 0.5) is 5.88 Å². The molecule has 0 radical (unpaired) electrons. The molecule has 1 aliphatic heterocycles. The lowest BCUT2D eigenvalue weighted by molar-refractivity contribution is -0.151. The van der Waals surface area contributed by atoms with Crippen molar-refractivity contribution in [3.63, 3.8) is 0 Å². The summed E-state index contributed by atoms with van der Waals surface area (Å²) in [6.45, 7) is 1.94. The maximum Gasteiger partial charge on any atom is 0.326 e. The van der Waals surface area contributed by atoms with E-state index in [2.05, 4.69) is 10.5 Å². The number of anilines is 1. The lowest BCUT2D eigenvalue weighted by Crippen LogP contribution is -2.36. The van der Waals surface area contributed by atoms with Gasteiger partial charge in [0.25, 0.3) is 5.91 Å². The topological polar surface area (TPSA) is 102 Å². The van der Waals surface area contributed by atoms with Crippen LogP contribution in [0.15, 0.2) is 34.9 Å². The Morgan fingerprint density at radius 1 is 1.21 bits per heavy atom. The molecule has 1 aromatic heterocycles. The van der Waals surface area contributed by atoms with Gasteiger partial charge in [-0.25, -0.2) is 0 Å². The van der Waals surface area contributed by atoms with Crippen molar-refractivity contribution in [1.29, 1.82) is 0 Å². The Labute approximate surface area is 162 Å². The van der Waals surface area contributed by atoms with Crippen LogP contribution in [0.1, 0.15) is 31.2 Å². The maximum atomic E-state index is 12.0. The van der Waals surface area contributed by atoms with Crippen molar-refractivity contribution in [3.05, 3.63) is 35.9 Å². The zero-order valence-corrected chi connectivity index (χ0v) is 15.8. The Balaban J connectivity index is 1.46. The third kappa shape index (κ3) is 5.42. The van der Waals surface area contributed by atoms with Gasteiger partial charge in [-0.1, -0.05) is 41.4 Å². The Hall–Kier alpha value is -3.16. The van der Waals surface area contributed by atoms with Crippen molar-refractivity contribution >= 4 is 23.7 Å². The van der Waals surface area contributed by atoms with Gasteiger partial charge in [0.1, 0.15) is 12.2 Å². The molecule has 2 aromatic rings. The molecule has 8 nitrogen and oxygen atoms in total. The third-order valence-corrected chi connectivity index (χ3v) is 4.48. The van der Waals surface area contributed by atoms with Crippen molar-refractivity contribution in [3.8, 4) is 11.3 Å². The number of hydrogen-bond acceptors (Lipinski definition) is 6. The van der Waals surface area contributed by atoms with Gasteiger partial charge in [0.05, 0.1) is 0 Å². The summed E-state index contributed by atoms with van der Waals surface area (Å²) in [4.78, 5) is 37.2. The monoisotopic (exact) mass is 385 g/mol. The van der Waals surface area contributed by atoms with Gasteiger partial charge in [0.2, 0.25) is 11.8 Å². The Bertz CT molecular complexity index is 844. The van der Waals surface area contributed by atoms with Crippen molar-refractivity contribution in [1.82, 2.24) is 10.1 Å². The number of nitrogens with one attached hydrogen (secondary N) is 1. The van der Waals surface area contributed by atoms with E-state index in [0.717, 1.165) is 30.4 Å². The smallest absolute Gasteiger partial charge is 0.326 e. The van der Waals surface area contributed by atoms with E-state index < -0.39 is 18.5 Å². The minimum Gasteiger partial charge on any atom is -0.454 e. The summed E-state index contributed by atoms with van der Waals surface area (Å²) >= 11 is 0. The van der Waals surface area contributed by atoms with Crippen LogP contribution >= 0.6 is 0 Å². The molecule has 1 fully saturated rings. The molecular formula is C20H23N3O5. The molecule has 148 valence electrons. The maximum absolute atomic E-state index is 12.0. The Morgan fingerprint density at radius 3 is 2.79 bits per heavy atom. The number of carbonyl (C=O) groups excluding carboxylic acids is 3. The predicted molar refractivity (Wildman–Crippen MR) is 101 cm³/mol. The molecule has 0 atom stereocenters. The number of likely N-dealkylation sites (tertiary alicyclic amines) is 1. The lowest BCUT2D eigenvalue weighted by Gasteiger charge is -2.19. The number of benzene rings is 1. The molecule has 1 aromatic carbocycles. The van der Waals surface area contributed by atoms with E-state index in [-0.39, 0.29) is 18.3 Å².